The van der Waals surface area contributed by atoms with E-state index in [1.165, 1.54) is 6.33 Å². The molecule has 6 heteroatoms. The third-order valence-electron chi connectivity index (χ3n) is 2.54. The molecular formula is C11H13N5O. The van der Waals surface area contributed by atoms with Crippen LogP contribution >= 0.6 is 0 Å². The lowest BCUT2D eigenvalue weighted by Gasteiger charge is -2.16. The smallest absolute Gasteiger partial charge is 0.182 e. The van der Waals surface area contributed by atoms with E-state index in [0.29, 0.717) is 12.2 Å². The number of nitrogens with zero attached hydrogens (tertiary/aromatic N) is 4. The summed E-state index contributed by atoms with van der Waals surface area (Å²) >= 11 is 0. The topological polar surface area (TPSA) is 70.8 Å². The first-order chi connectivity index (χ1) is 8.34. The standard InChI is InChI=1S/C11H11N5O.H2/c1-16(5-8-3-2-4-17-8)11-9-10(13-6-12-9)14-7-15-11;/h2-4,6-7H,5H2,1H3,(H,12,13,14,15);1H. The maximum absolute atomic E-state index is 5.31. The van der Waals surface area contributed by atoms with Crippen molar-refractivity contribution in [2.24, 2.45) is 0 Å². The van der Waals surface area contributed by atoms with Crippen molar-refractivity contribution in [3.05, 3.63) is 36.8 Å². The van der Waals surface area contributed by atoms with E-state index in [2.05, 4.69) is 19.9 Å². The SMILES string of the molecule is CN(Cc1ccco1)c1ncnc2nc[nH]c12.[HH]. The van der Waals surface area contributed by atoms with Crippen LogP contribution < -0.4 is 4.90 Å². The Morgan fingerprint density at radius 1 is 1.41 bits per heavy atom. The molecule has 0 fully saturated rings. The third-order valence-corrected chi connectivity index (χ3v) is 2.54. The lowest BCUT2D eigenvalue weighted by Crippen LogP contribution is -2.17. The third kappa shape index (κ3) is 1.73. The normalized spacial score (nSPS) is 10.9. The Kier molecular flexibility index (Phi) is 2.25. The number of fused-ring (bicyclic) bond motifs is 1. The fraction of sp³-hybridized carbons (Fsp3) is 0.182. The van der Waals surface area contributed by atoms with E-state index in [0.717, 1.165) is 17.1 Å². The molecule has 0 spiro atoms. The Bertz CT molecular complexity index is 621. The van der Waals surface area contributed by atoms with Crippen LogP contribution in [0.3, 0.4) is 0 Å². The van der Waals surface area contributed by atoms with Crippen LogP contribution in [0.1, 0.15) is 7.19 Å². The van der Waals surface area contributed by atoms with Gasteiger partial charge in [-0.2, -0.15) is 0 Å². The number of hydrogen-bond donors (Lipinski definition) is 1. The van der Waals surface area contributed by atoms with Crippen LogP contribution in [0.2, 0.25) is 0 Å². The van der Waals surface area contributed by atoms with E-state index in [4.69, 9.17) is 4.42 Å². The maximum atomic E-state index is 5.31. The van der Waals surface area contributed by atoms with Crippen molar-refractivity contribution in [3.63, 3.8) is 0 Å². The Labute approximate surface area is 98.8 Å². The van der Waals surface area contributed by atoms with E-state index in [1.807, 2.05) is 24.1 Å². The molecule has 0 bridgehead atoms. The minimum Gasteiger partial charge on any atom is -0.467 e. The molecule has 1 N–H and O–H groups in total. The highest BCUT2D eigenvalue weighted by Gasteiger charge is 2.11. The van der Waals surface area contributed by atoms with Crippen molar-refractivity contribution in [2.75, 3.05) is 11.9 Å². The van der Waals surface area contributed by atoms with Crippen molar-refractivity contribution in [2.45, 2.75) is 6.54 Å². The van der Waals surface area contributed by atoms with Crippen LogP contribution in [-0.4, -0.2) is 27.0 Å². The van der Waals surface area contributed by atoms with Gasteiger partial charge in [0.25, 0.3) is 0 Å². The zero-order valence-electron chi connectivity index (χ0n) is 9.29. The molecule has 6 nitrogen and oxygen atoms in total. The number of anilines is 1. The first-order valence-electron chi connectivity index (χ1n) is 5.22. The van der Waals surface area contributed by atoms with Crippen LogP contribution in [0, 0.1) is 0 Å². The van der Waals surface area contributed by atoms with Gasteiger partial charge in [-0.25, -0.2) is 15.0 Å². The van der Waals surface area contributed by atoms with E-state index in [9.17, 15) is 0 Å². The number of imidazole rings is 1. The Balaban J connectivity index is 0.00000120. The van der Waals surface area contributed by atoms with Crippen molar-refractivity contribution >= 4 is 17.0 Å². The number of nitrogens with one attached hydrogen (secondary N) is 1. The lowest BCUT2D eigenvalue weighted by atomic mass is 10.4. The molecule has 88 valence electrons. The molecule has 17 heavy (non-hydrogen) atoms. The summed E-state index contributed by atoms with van der Waals surface area (Å²) in [7, 11) is 1.95. The largest absolute Gasteiger partial charge is 0.467 e. The highest BCUT2D eigenvalue weighted by atomic mass is 16.3. The number of aromatic nitrogens is 4. The monoisotopic (exact) mass is 231 g/mol. The van der Waals surface area contributed by atoms with E-state index in [-0.39, 0.29) is 1.43 Å². The minimum atomic E-state index is 0. The number of rotatable bonds is 3. The molecule has 3 heterocycles. The van der Waals surface area contributed by atoms with Crippen LogP contribution in [0.25, 0.3) is 11.2 Å². The number of furan rings is 1. The molecule has 3 aromatic heterocycles. The van der Waals surface area contributed by atoms with Gasteiger partial charge in [-0.05, 0) is 12.1 Å². The predicted molar refractivity (Wildman–Crippen MR) is 64.6 cm³/mol. The molecular weight excluding hydrogens is 218 g/mol. The molecule has 0 aromatic carbocycles. The molecule has 0 unspecified atom stereocenters. The zero-order chi connectivity index (χ0) is 11.7. The second kappa shape index (κ2) is 3.89. The number of aromatic amines is 1. The quantitative estimate of drug-likeness (QED) is 0.744. The van der Waals surface area contributed by atoms with Crippen molar-refractivity contribution < 1.29 is 5.84 Å². The number of H-pyrrole nitrogens is 1. The lowest BCUT2D eigenvalue weighted by molar-refractivity contribution is 0.507. The summed E-state index contributed by atoms with van der Waals surface area (Å²) in [6.07, 6.45) is 4.79. The second-order valence-corrected chi connectivity index (χ2v) is 3.73. The Morgan fingerprint density at radius 2 is 2.35 bits per heavy atom. The number of hydrogen-bond acceptors (Lipinski definition) is 5. The fourth-order valence-corrected chi connectivity index (χ4v) is 1.75. The van der Waals surface area contributed by atoms with Gasteiger partial charge in [-0.3, -0.25) is 0 Å². The average Bonchev–Trinajstić information content (AvgIpc) is 2.97. The van der Waals surface area contributed by atoms with Crippen LogP contribution in [0.5, 0.6) is 0 Å². The first kappa shape index (κ1) is 9.83. The van der Waals surface area contributed by atoms with Gasteiger partial charge in [-0.15, -0.1) is 0 Å². The molecule has 3 aromatic rings. The molecule has 0 aliphatic heterocycles. The average molecular weight is 231 g/mol. The molecule has 0 radical (unpaired) electrons. The highest BCUT2D eigenvalue weighted by Crippen LogP contribution is 2.19. The molecule has 0 saturated heterocycles. The van der Waals surface area contributed by atoms with Crippen LogP contribution in [0.15, 0.2) is 35.5 Å². The van der Waals surface area contributed by atoms with Gasteiger partial charge in [0.05, 0.1) is 19.1 Å². The molecule has 0 atom stereocenters. The van der Waals surface area contributed by atoms with E-state index < -0.39 is 0 Å². The highest BCUT2D eigenvalue weighted by molar-refractivity contribution is 5.82. The van der Waals surface area contributed by atoms with Crippen LogP contribution in [-0.2, 0) is 6.54 Å². The van der Waals surface area contributed by atoms with Crippen molar-refractivity contribution in [1.29, 1.82) is 0 Å². The van der Waals surface area contributed by atoms with Gasteiger partial charge in [0, 0.05) is 8.47 Å². The van der Waals surface area contributed by atoms with Gasteiger partial charge in [0.1, 0.15) is 17.6 Å². The molecule has 3 rings (SSSR count). The van der Waals surface area contributed by atoms with Gasteiger partial charge in [-0.1, -0.05) is 0 Å². The summed E-state index contributed by atoms with van der Waals surface area (Å²) in [5, 5.41) is 0. The van der Waals surface area contributed by atoms with E-state index in [1.54, 1.807) is 12.6 Å². The Hall–Kier alpha value is -2.37. The van der Waals surface area contributed by atoms with Crippen molar-refractivity contribution in [1.82, 2.24) is 19.9 Å². The summed E-state index contributed by atoms with van der Waals surface area (Å²) in [6.45, 7) is 0.651. The van der Waals surface area contributed by atoms with Gasteiger partial charge in [0.15, 0.2) is 11.5 Å². The van der Waals surface area contributed by atoms with Crippen LogP contribution in [0.4, 0.5) is 5.82 Å². The summed E-state index contributed by atoms with van der Waals surface area (Å²) in [5.74, 6) is 1.70. The fourth-order valence-electron chi connectivity index (χ4n) is 1.75. The van der Waals surface area contributed by atoms with E-state index >= 15 is 0 Å². The molecule has 0 amide bonds. The summed E-state index contributed by atoms with van der Waals surface area (Å²) < 4.78 is 5.31. The predicted octanol–water partition coefficient (Wildman–Crippen LogP) is 1.83. The molecule has 0 aliphatic carbocycles. The Morgan fingerprint density at radius 3 is 3.18 bits per heavy atom. The molecule has 0 aliphatic rings. The molecule has 0 saturated carbocycles. The van der Waals surface area contributed by atoms with Gasteiger partial charge in [0.2, 0.25) is 0 Å². The first-order valence-corrected chi connectivity index (χ1v) is 5.22. The maximum Gasteiger partial charge on any atom is 0.182 e. The second-order valence-electron chi connectivity index (χ2n) is 3.73. The summed E-state index contributed by atoms with van der Waals surface area (Å²) in [6, 6.07) is 3.80. The van der Waals surface area contributed by atoms with Crippen molar-refractivity contribution in [3.8, 4) is 0 Å². The van der Waals surface area contributed by atoms with Gasteiger partial charge < -0.3 is 14.3 Å². The summed E-state index contributed by atoms with van der Waals surface area (Å²) in [4.78, 5) is 17.5. The zero-order valence-corrected chi connectivity index (χ0v) is 9.29. The minimum absolute atomic E-state index is 0. The van der Waals surface area contributed by atoms with Gasteiger partial charge >= 0.3 is 0 Å². The summed E-state index contributed by atoms with van der Waals surface area (Å²) in [5.41, 5.74) is 1.50.